The second-order valence-electron chi connectivity index (χ2n) is 4.34. The zero-order valence-corrected chi connectivity index (χ0v) is 11.2. The molecule has 17 heavy (non-hydrogen) atoms. The van der Waals surface area contributed by atoms with Crippen molar-refractivity contribution in [3.63, 3.8) is 0 Å². The van der Waals surface area contributed by atoms with Gasteiger partial charge in [0.15, 0.2) is 0 Å². The highest BCUT2D eigenvalue weighted by molar-refractivity contribution is 5.35. The van der Waals surface area contributed by atoms with E-state index in [4.69, 9.17) is 9.47 Å². The topological polar surface area (TPSA) is 30.5 Å². The molecule has 0 saturated carbocycles. The van der Waals surface area contributed by atoms with Crippen molar-refractivity contribution in [3.05, 3.63) is 29.8 Å². The summed E-state index contributed by atoms with van der Waals surface area (Å²) in [6, 6.07) is 8.34. The Labute approximate surface area is 104 Å². The molecule has 0 fully saturated rings. The van der Waals surface area contributed by atoms with E-state index in [-0.39, 0.29) is 6.04 Å². The summed E-state index contributed by atoms with van der Waals surface area (Å²) in [7, 11) is 1.70. The molecular formula is C14H23NO2. The molecule has 0 amide bonds. The molecule has 0 aliphatic heterocycles. The third kappa shape index (κ3) is 4.75. The maximum Gasteiger partial charge on any atom is 0.123 e. The summed E-state index contributed by atoms with van der Waals surface area (Å²) >= 11 is 0. The third-order valence-electron chi connectivity index (χ3n) is 2.61. The average Bonchev–Trinajstić information content (AvgIpc) is 2.34. The van der Waals surface area contributed by atoms with Crippen LogP contribution in [0.25, 0.3) is 0 Å². The number of para-hydroxylation sites is 1. The summed E-state index contributed by atoms with van der Waals surface area (Å²) in [4.78, 5) is 0. The van der Waals surface area contributed by atoms with Gasteiger partial charge in [0.05, 0.1) is 19.8 Å². The van der Waals surface area contributed by atoms with Gasteiger partial charge in [0.1, 0.15) is 5.75 Å². The van der Waals surface area contributed by atoms with Crippen molar-refractivity contribution >= 4 is 0 Å². The molecule has 1 aromatic rings. The number of benzene rings is 1. The van der Waals surface area contributed by atoms with Gasteiger partial charge in [0.2, 0.25) is 0 Å². The van der Waals surface area contributed by atoms with Crippen LogP contribution in [0.4, 0.5) is 0 Å². The predicted octanol–water partition coefficient (Wildman–Crippen LogP) is 2.77. The standard InChI is InChI=1S/C14H23NO2/c1-11(2)17-10-9-15-12(3)13-7-5-6-8-14(13)16-4/h5-8,11-12,15H,9-10H2,1-4H3. The molecule has 3 nitrogen and oxygen atoms in total. The quantitative estimate of drug-likeness (QED) is 0.740. The van der Waals surface area contributed by atoms with Gasteiger partial charge in [0.25, 0.3) is 0 Å². The first-order valence-corrected chi connectivity index (χ1v) is 6.13. The average molecular weight is 237 g/mol. The highest BCUT2D eigenvalue weighted by atomic mass is 16.5. The molecule has 0 saturated heterocycles. The zero-order chi connectivity index (χ0) is 12.7. The first-order valence-electron chi connectivity index (χ1n) is 6.13. The first kappa shape index (κ1) is 14.0. The van der Waals surface area contributed by atoms with Gasteiger partial charge < -0.3 is 14.8 Å². The fourth-order valence-corrected chi connectivity index (χ4v) is 1.70. The lowest BCUT2D eigenvalue weighted by molar-refractivity contribution is 0.0796. The molecular weight excluding hydrogens is 214 g/mol. The summed E-state index contributed by atoms with van der Waals surface area (Å²) < 4.78 is 10.8. The van der Waals surface area contributed by atoms with Crippen LogP contribution in [-0.4, -0.2) is 26.4 Å². The Hall–Kier alpha value is -1.06. The van der Waals surface area contributed by atoms with Crippen molar-refractivity contribution in [2.75, 3.05) is 20.3 Å². The summed E-state index contributed by atoms with van der Waals surface area (Å²) in [5.74, 6) is 0.928. The molecule has 3 heteroatoms. The van der Waals surface area contributed by atoms with Crippen molar-refractivity contribution in [1.82, 2.24) is 5.32 Å². The number of hydrogen-bond acceptors (Lipinski definition) is 3. The minimum absolute atomic E-state index is 0.266. The number of rotatable bonds is 7. The third-order valence-corrected chi connectivity index (χ3v) is 2.61. The first-order chi connectivity index (χ1) is 8.15. The normalized spacial score (nSPS) is 12.8. The van der Waals surface area contributed by atoms with Gasteiger partial charge in [-0.15, -0.1) is 0 Å². The van der Waals surface area contributed by atoms with E-state index in [1.54, 1.807) is 7.11 Å². The number of ether oxygens (including phenoxy) is 2. The van der Waals surface area contributed by atoms with Gasteiger partial charge in [-0.2, -0.15) is 0 Å². The molecule has 0 radical (unpaired) electrons. The van der Waals surface area contributed by atoms with Crippen LogP contribution in [-0.2, 0) is 4.74 Å². The lowest BCUT2D eigenvalue weighted by Crippen LogP contribution is -2.24. The summed E-state index contributed by atoms with van der Waals surface area (Å²) in [5.41, 5.74) is 1.18. The van der Waals surface area contributed by atoms with Gasteiger partial charge in [-0.05, 0) is 26.8 Å². The molecule has 96 valence electrons. The Morgan fingerprint density at radius 2 is 1.88 bits per heavy atom. The summed E-state index contributed by atoms with van der Waals surface area (Å²) in [6.45, 7) is 7.80. The lowest BCUT2D eigenvalue weighted by atomic mass is 10.1. The summed E-state index contributed by atoms with van der Waals surface area (Å²) in [5, 5.41) is 3.42. The van der Waals surface area contributed by atoms with Crippen molar-refractivity contribution in [2.24, 2.45) is 0 Å². The van der Waals surface area contributed by atoms with Crippen LogP contribution in [0, 0.1) is 0 Å². The van der Waals surface area contributed by atoms with E-state index in [0.29, 0.717) is 6.10 Å². The van der Waals surface area contributed by atoms with Crippen LogP contribution < -0.4 is 10.1 Å². The monoisotopic (exact) mass is 237 g/mol. The van der Waals surface area contributed by atoms with Gasteiger partial charge in [-0.1, -0.05) is 18.2 Å². The molecule has 1 aromatic carbocycles. The maximum atomic E-state index is 5.49. The molecule has 1 atom stereocenters. The highest BCUT2D eigenvalue weighted by Gasteiger charge is 2.09. The second-order valence-corrected chi connectivity index (χ2v) is 4.34. The van der Waals surface area contributed by atoms with Crippen LogP contribution in [0.5, 0.6) is 5.75 Å². The summed E-state index contributed by atoms with van der Waals surface area (Å²) in [6.07, 6.45) is 0.290. The van der Waals surface area contributed by atoms with Crippen molar-refractivity contribution in [2.45, 2.75) is 32.9 Å². The lowest BCUT2D eigenvalue weighted by Gasteiger charge is -2.17. The fraction of sp³-hybridized carbons (Fsp3) is 0.571. The van der Waals surface area contributed by atoms with Crippen LogP contribution >= 0.6 is 0 Å². The van der Waals surface area contributed by atoms with E-state index >= 15 is 0 Å². The second kappa shape index (κ2) is 7.30. The maximum absolute atomic E-state index is 5.49. The Balaban J connectivity index is 2.43. The van der Waals surface area contributed by atoms with Crippen molar-refractivity contribution < 1.29 is 9.47 Å². The Bertz CT molecular complexity index is 326. The Kier molecular flexibility index (Phi) is 6.01. The smallest absolute Gasteiger partial charge is 0.123 e. The van der Waals surface area contributed by atoms with E-state index in [1.807, 2.05) is 32.0 Å². The van der Waals surface area contributed by atoms with Crippen LogP contribution in [0.15, 0.2) is 24.3 Å². The van der Waals surface area contributed by atoms with Gasteiger partial charge in [-0.3, -0.25) is 0 Å². The van der Waals surface area contributed by atoms with E-state index in [0.717, 1.165) is 18.9 Å². The molecule has 1 unspecified atom stereocenters. The van der Waals surface area contributed by atoms with Crippen LogP contribution in [0.2, 0.25) is 0 Å². The van der Waals surface area contributed by atoms with E-state index < -0.39 is 0 Å². The number of nitrogens with one attached hydrogen (secondary N) is 1. The van der Waals surface area contributed by atoms with E-state index in [9.17, 15) is 0 Å². The minimum Gasteiger partial charge on any atom is -0.496 e. The molecule has 0 heterocycles. The highest BCUT2D eigenvalue weighted by Crippen LogP contribution is 2.23. The Morgan fingerprint density at radius 1 is 1.18 bits per heavy atom. The minimum atomic E-state index is 0.266. The zero-order valence-electron chi connectivity index (χ0n) is 11.2. The molecule has 0 spiro atoms. The van der Waals surface area contributed by atoms with Crippen molar-refractivity contribution in [1.29, 1.82) is 0 Å². The van der Waals surface area contributed by atoms with E-state index in [1.165, 1.54) is 5.56 Å². The molecule has 1 N–H and O–H groups in total. The fourth-order valence-electron chi connectivity index (χ4n) is 1.70. The van der Waals surface area contributed by atoms with Crippen molar-refractivity contribution in [3.8, 4) is 5.75 Å². The van der Waals surface area contributed by atoms with E-state index in [2.05, 4.69) is 18.3 Å². The van der Waals surface area contributed by atoms with Crippen LogP contribution in [0.3, 0.4) is 0 Å². The molecule has 0 aromatic heterocycles. The molecule has 0 aliphatic carbocycles. The SMILES string of the molecule is COc1ccccc1C(C)NCCOC(C)C. The molecule has 0 bridgehead atoms. The largest absolute Gasteiger partial charge is 0.496 e. The number of hydrogen-bond donors (Lipinski definition) is 1. The van der Waals surface area contributed by atoms with Gasteiger partial charge in [-0.25, -0.2) is 0 Å². The molecule has 1 rings (SSSR count). The predicted molar refractivity (Wildman–Crippen MR) is 70.5 cm³/mol. The van der Waals surface area contributed by atoms with Gasteiger partial charge >= 0.3 is 0 Å². The molecule has 0 aliphatic rings. The van der Waals surface area contributed by atoms with Gasteiger partial charge in [0, 0.05) is 18.2 Å². The number of methoxy groups -OCH3 is 1. The Morgan fingerprint density at radius 3 is 2.53 bits per heavy atom. The van der Waals surface area contributed by atoms with Crippen LogP contribution in [0.1, 0.15) is 32.4 Å².